The Morgan fingerprint density at radius 1 is 1.42 bits per heavy atom. The number of hydrogen-bond acceptors (Lipinski definition) is 6. The number of allylic oxidation sites excluding steroid dienone is 1. The highest BCUT2D eigenvalue weighted by molar-refractivity contribution is 7.92. The van der Waals surface area contributed by atoms with Gasteiger partial charge < -0.3 is 4.74 Å². The molecule has 0 aliphatic carbocycles. The van der Waals surface area contributed by atoms with Gasteiger partial charge in [-0.3, -0.25) is 14.9 Å². The average Bonchev–Trinajstić information content (AvgIpc) is 2.94. The van der Waals surface area contributed by atoms with Gasteiger partial charge in [-0.1, -0.05) is 24.3 Å². The number of cyclic esters (lactones) is 1. The molecule has 2 N–H and O–H groups in total. The van der Waals surface area contributed by atoms with E-state index in [0.29, 0.717) is 5.69 Å². The molecular formula is C17H22N2O6S. The fourth-order valence-corrected chi connectivity index (χ4v) is 3.63. The van der Waals surface area contributed by atoms with Crippen LogP contribution in [0, 0.1) is 0 Å². The van der Waals surface area contributed by atoms with Crippen molar-refractivity contribution in [3.8, 4) is 0 Å². The average molecular weight is 382 g/mol. The predicted octanol–water partition coefficient (Wildman–Crippen LogP) is 1.74. The van der Waals surface area contributed by atoms with Crippen LogP contribution < -0.4 is 10.4 Å². The molecule has 142 valence electrons. The fourth-order valence-electron chi connectivity index (χ4n) is 2.76. The van der Waals surface area contributed by atoms with Crippen LogP contribution in [0.3, 0.4) is 0 Å². The van der Waals surface area contributed by atoms with Crippen LogP contribution >= 0.6 is 0 Å². The van der Waals surface area contributed by atoms with Crippen LogP contribution in [0.5, 0.6) is 0 Å². The maximum absolute atomic E-state index is 12.2. The quantitative estimate of drug-likeness (QED) is 0.572. The highest BCUT2D eigenvalue weighted by atomic mass is 32.2. The van der Waals surface area contributed by atoms with Gasteiger partial charge in [-0.2, -0.15) is 0 Å². The van der Waals surface area contributed by atoms with E-state index < -0.39 is 32.7 Å². The second-order valence-corrected chi connectivity index (χ2v) is 8.80. The minimum atomic E-state index is -3.86. The molecule has 0 saturated carbocycles. The van der Waals surface area contributed by atoms with E-state index in [2.05, 4.69) is 0 Å². The Kier molecular flexibility index (Phi) is 5.72. The third-order valence-corrected chi connectivity index (χ3v) is 6.44. The van der Waals surface area contributed by atoms with E-state index in [9.17, 15) is 18.0 Å². The molecule has 0 radical (unpaired) electrons. The standard InChI is InChI=1S/C17H22N2O6S/c1-4-5-12-6-8-13(9-7-12)19-11-14(25-16(19)21)10-17(2,15(20)18-22)26(3,23)24/h4-9,14,22H,10-11H2,1-3H3,(H,18,20)/t14-,17+/m0/s1. The molecule has 26 heavy (non-hydrogen) atoms. The summed E-state index contributed by atoms with van der Waals surface area (Å²) in [7, 11) is -3.86. The highest BCUT2D eigenvalue weighted by Gasteiger charge is 2.48. The molecule has 0 unspecified atom stereocenters. The lowest BCUT2D eigenvalue weighted by Crippen LogP contribution is -2.51. The number of carbonyl (C=O) groups excluding carboxylic acids is 2. The van der Waals surface area contributed by atoms with Gasteiger partial charge in [0.2, 0.25) is 0 Å². The maximum atomic E-state index is 12.2. The molecule has 8 nitrogen and oxygen atoms in total. The first-order chi connectivity index (χ1) is 12.1. The lowest BCUT2D eigenvalue weighted by molar-refractivity contribution is -0.132. The number of nitrogens with one attached hydrogen (secondary N) is 1. The number of rotatable bonds is 6. The van der Waals surface area contributed by atoms with Crippen molar-refractivity contribution in [1.29, 1.82) is 0 Å². The van der Waals surface area contributed by atoms with Crippen LogP contribution in [0.15, 0.2) is 30.3 Å². The summed E-state index contributed by atoms with van der Waals surface area (Å²) in [6.07, 6.45) is 3.02. The van der Waals surface area contributed by atoms with Gasteiger partial charge in [0, 0.05) is 18.4 Å². The van der Waals surface area contributed by atoms with Gasteiger partial charge in [0.15, 0.2) is 14.6 Å². The summed E-state index contributed by atoms with van der Waals surface area (Å²) in [5.41, 5.74) is 2.97. The Hall–Kier alpha value is -2.39. The van der Waals surface area contributed by atoms with E-state index in [0.717, 1.165) is 11.8 Å². The third-order valence-electron chi connectivity index (χ3n) is 4.46. The van der Waals surface area contributed by atoms with Crippen LogP contribution in [0.2, 0.25) is 0 Å². The van der Waals surface area contributed by atoms with E-state index >= 15 is 0 Å². The Morgan fingerprint density at radius 2 is 2.04 bits per heavy atom. The minimum absolute atomic E-state index is 0.103. The first-order valence-electron chi connectivity index (χ1n) is 7.97. The molecule has 9 heteroatoms. The van der Waals surface area contributed by atoms with Crippen LogP contribution in [0.1, 0.15) is 25.8 Å². The molecule has 1 aromatic carbocycles. The van der Waals surface area contributed by atoms with Crippen LogP contribution in [0.25, 0.3) is 6.08 Å². The number of benzene rings is 1. The van der Waals surface area contributed by atoms with Gasteiger partial charge in [-0.15, -0.1) is 0 Å². The van der Waals surface area contributed by atoms with Gasteiger partial charge in [0.05, 0.1) is 6.54 Å². The number of sulfone groups is 1. The molecule has 1 aromatic rings. The van der Waals surface area contributed by atoms with E-state index in [1.807, 2.05) is 31.2 Å². The Bertz CT molecular complexity index is 818. The summed E-state index contributed by atoms with van der Waals surface area (Å²) in [5, 5.41) is 8.87. The number of hydroxylamine groups is 1. The van der Waals surface area contributed by atoms with Crippen molar-refractivity contribution in [1.82, 2.24) is 5.48 Å². The summed E-state index contributed by atoms with van der Waals surface area (Å²) in [6, 6.07) is 7.20. The van der Waals surface area contributed by atoms with E-state index in [-0.39, 0.29) is 13.0 Å². The summed E-state index contributed by atoms with van der Waals surface area (Å²) >= 11 is 0. The first kappa shape index (κ1) is 19.9. The maximum Gasteiger partial charge on any atom is 0.414 e. The van der Waals surface area contributed by atoms with Crippen LogP contribution in [-0.4, -0.2) is 49.3 Å². The van der Waals surface area contributed by atoms with Gasteiger partial charge in [-0.05, 0) is 31.5 Å². The van der Waals surface area contributed by atoms with Crippen molar-refractivity contribution in [2.75, 3.05) is 17.7 Å². The number of hydrogen-bond donors (Lipinski definition) is 2. The van der Waals surface area contributed by atoms with E-state index in [1.165, 1.54) is 17.3 Å². The number of nitrogens with zero attached hydrogens (tertiary/aromatic N) is 1. The molecule has 2 atom stereocenters. The topological polar surface area (TPSA) is 113 Å². The highest BCUT2D eigenvalue weighted by Crippen LogP contribution is 2.30. The van der Waals surface area contributed by atoms with Gasteiger partial charge in [0.25, 0.3) is 5.91 Å². The molecule has 2 rings (SSSR count). The number of ether oxygens (including phenoxy) is 1. The molecule has 1 heterocycles. The molecule has 0 aromatic heterocycles. The SMILES string of the molecule is CC=Cc1ccc(N2C[C@H](C[C@](C)(C(=O)NO)S(C)(=O)=O)OC2=O)cc1. The monoisotopic (exact) mass is 382 g/mol. The molecular weight excluding hydrogens is 360 g/mol. The Balaban J connectivity index is 2.19. The summed E-state index contributed by atoms with van der Waals surface area (Å²) < 4.78 is 27.4. The molecule has 1 aliphatic heterocycles. The zero-order valence-electron chi connectivity index (χ0n) is 14.8. The molecule has 2 amide bonds. The van der Waals surface area contributed by atoms with Gasteiger partial charge in [-0.25, -0.2) is 18.7 Å². The van der Waals surface area contributed by atoms with E-state index in [1.54, 1.807) is 12.1 Å². The second kappa shape index (κ2) is 7.46. The third kappa shape index (κ3) is 3.88. The second-order valence-electron chi connectivity index (χ2n) is 6.36. The van der Waals surface area contributed by atoms with Crippen molar-refractivity contribution < 1.29 is 28.0 Å². The van der Waals surface area contributed by atoms with Crippen LogP contribution in [0.4, 0.5) is 10.5 Å². The van der Waals surface area contributed by atoms with Crippen molar-refractivity contribution >= 4 is 33.6 Å². The molecule has 0 spiro atoms. The van der Waals surface area contributed by atoms with Crippen molar-refractivity contribution in [2.45, 2.75) is 31.1 Å². The normalized spacial score (nSPS) is 20.1. The fraction of sp³-hybridized carbons (Fsp3) is 0.412. The van der Waals surface area contributed by atoms with E-state index in [4.69, 9.17) is 9.94 Å². The zero-order chi connectivity index (χ0) is 19.5. The minimum Gasteiger partial charge on any atom is -0.444 e. The molecule has 1 aliphatic rings. The lowest BCUT2D eigenvalue weighted by atomic mass is 10.0. The molecule has 0 bridgehead atoms. The smallest absolute Gasteiger partial charge is 0.414 e. The van der Waals surface area contributed by atoms with Crippen molar-refractivity contribution in [3.05, 3.63) is 35.9 Å². The Labute approximate surface area is 152 Å². The van der Waals surface area contributed by atoms with Crippen LogP contribution in [-0.2, 0) is 19.4 Å². The largest absolute Gasteiger partial charge is 0.444 e. The summed E-state index contributed by atoms with van der Waals surface area (Å²) in [4.78, 5) is 25.4. The lowest BCUT2D eigenvalue weighted by Gasteiger charge is -2.26. The Morgan fingerprint density at radius 3 is 2.54 bits per heavy atom. The zero-order valence-corrected chi connectivity index (χ0v) is 15.6. The summed E-state index contributed by atoms with van der Waals surface area (Å²) in [5.74, 6) is -1.06. The summed E-state index contributed by atoms with van der Waals surface area (Å²) in [6.45, 7) is 3.19. The first-order valence-corrected chi connectivity index (χ1v) is 9.86. The van der Waals surface area contributed by atoms with Gasteiger partial charge in [0.1, 0.15) is 6.10 Å². The van der Waals surface area contributed by atoms with Crippen molar-refractivity contribution in [2.24, 2.45) is 0 Å². The molecule has 1 fully saturated rings. The van der Waals surface area contributed by atoms with Crippen molar-refractivity contribution in [3.63, 3.8) is 0 Å². The predicted molar refractivity (Wildman–Crippen MR) is 96.6 cm³/mol. The van der Waals surface area contributed by atoms with Gasteiger partial charge >= 0.3 is 6.09 Å². The number of amides is 2. The molecule has 1 saturated heterocycles. The number of anilines is 1. The number of carbonyl (C=O) groups is 2.